The van der Waals surface area contributed by atoms with E-state index in [4.69, 9.17) is 15.7 Å². The van der Waals surface area contributed by atoms with Crippen LogP contribution in [0.1, 0.15) is 11.8 Å². The summed E-state index contributed by atoms with van der Waals surface area (Å²) in [5.74, 6) is -1.14. The number of carbonyl (C=O) groups excluding carboxylic acids is 1. The molecule has 0 spiro atoms. The van der Waals surface area contributed by atoms with Gasteiger partial charge in [0.1, 0.15) is 35.0 Å². The number of nitrogen functional groups attached to an aromatic ring is 1. The number of aromatic nitrogens is 4. The normalized spacial score (nSPS) is 23.5. The fraction of sp³-hybridized carbons (Fsp3) is 0.235. The Morgan fingerprint density at radius 3 is 2.71 bits per heavy atom. The first-order valence-corrected chi connectivity index (χ1v) is 10.2. The lowest BCUT2D eigenvalue weighted by Gasteiger charge is -2.16. The van der Waals surface area contributed by atoms with Crippen molar-refractivity contribution in [1.29, 1.82) is 5.26 Å². The Morgan fingerprint density at radius 1 is 1.23 bits per heavy atom. The number of ether oxygens (including phenoxy) is 1. The molecule has 31 heavy (non-hydrogen) atoms. The highest BCUT2D eigenvalue weighted by Crippen LogP contribution is 2.32. The topological polar surface area (TPSA) is 206 Å². The summed E-state index contributed by atoms with van der Waals surface area (Å²) in [4.78, 5) is 24.0. The number of fused-ring (bicyclic) bond motifs is 1. The van der Waals surface area contributed by atoms with E-state index in [0.29, 0.717) is 0 Å². The lowest BCUT2D eigenvalue weighted by atomic mass is 10.1. The van der Waals surface area contributed by atoms with Gasteiger partial charge >= 0.3 is 0 Å². The first-order chi connectivity index (χ1) is 14.7. The highest BCUT2D eigenvalue weighted by molar-refractivity contribution is 7.90. The Balaban J connectivity index is 1.60. The molecule has 4 rings (SSSR count). The number of nitriles is 1. The molecule has 1 aromatic carbocycles. The standard InChI is InChI=1S/C17H15N7O6S/c18-5-8-3-1-2-4-9(8)31(28,29)23-16(27)13-11(25)12(26)17(30-13)24-7-22-10-14(19)20-6-21-15(10)24/h1-4,6-7,11-13,17,25-26H,(H,23,27)(H2,19,20,21)/t11-,12+,13-,17+/m0/s1. The molecule has 5 N–H and O–H groups in total. The smallest absolute Gasteiger partial charge is 0.265 e. The summed E-state index contributed by atoms with van der Waals surface area (Å²) < 4.78 is 33.6. The van der Waals surface area contributed by atoms with Crippen LogP contribution in [0.3, 0.4) is 0 Å². The van der Waals surface area contributed by atoms with Crippen LogP contribution in [-0.2, 0) is 19.6 Å². The zero-order valence-corrected chi connectivity index (χ0v) is 16.3. The number of aliphatic hydroxyl groups excluding tert-OH is 2. The third kappa shape index (κ3) is 3.45. The number of anilines is 1. The molecule has 14 heteroatoms. The SMILES string of the molecule is N#Cc1ccccc1S(=O)(=O)NC(=O)[C@H]1O[C@@H](n2cnc3c(N)ncnc32)[C@H](O)[C@@H]1O. The minimum Gasteiger partial charge on any atom is -0.387 e. The second-order valence-electron chi connectivity index (χ2n) is 6.59. The zero-order valence-electron chi connectivity index (χ0n) is 15.5. The van der Waals surface area contributed by atoms with Gasteiger partial charge in [-0.1, -0.05) is 12.1 Å². The molecular formula is C17H15N7O6S. The molecule has 1 amide bonds. The van der Waals surface area contributed by atoms with E-state index < -0.39 is 45.4 Å². The summed E-state index contributed by atoms with van der Waals surface area (Å²) in [5, 5.41) is 29.8. The number of benzene rings is 1. The van der Waals surface area contributed by atoms with Gasteiger partial charge < -0.3 is 20.7 Å². The number of sulfonamides is 1. The second kappa shape index (κ2) is 7.56. The molecule has 13 nitrogen and oxygen atoms in total. The molecule has 3 aromatic rings. The van der Waals surface area contributed by atoms with E-state index in [2.05, 4.69) is 15.0 Å². The molecule has 160 valence electrons. The first-order valence-electron chi connectivity index (χ1n) is 8.75. The van der Waals surface area contributed by atoms with Gasteiger partial charge in [-0.15, -0.1) is 0 Å². The van der Waals surface area contributed by atoms with Gasteiger partial charge in [0.15, 0.2) is 23.8 Å². The fourth-order valence-corrected chi connectivity index (χ4v) is 4.35. The Kier molecular flexibility index (Phi) is 5.03. The van der Waals surface area contributed by atoms with E-state index in [1.165, 1.54) is 29.1 Å². The number of carbonyl (C=O) groups is 1. The molecule has 4 atom stereocenters. The predicted octanol–water partition coefficient (Wildman–Crippen LogP) is -1.60. The monoisotopic (exact) mass is 445 g/mol. The Labute approximate surface area is 174 Å². The van der Waals surface area contributed by atoms with Gasteiger partial charge in [0.2, 0.25) is 0 Å². The van der Waals surface area contributed by atoms with Crippen LogP contribution >= 0.6 is 0 Å². The van der Waals surface area contributed by atoms with Crippen LogP contribution in [-0.4, -0.2) is 62.4 Å². The average molecular weight is 445 g/mol. The summed E-state index contributed by atoms with van der Waals surface area (Å²) in [6.45, 7) is 0. The third-order valence-electron chi connectivity index (χ3n) is 4.69. The number of rotatable bonds is 4. The van der Waals surface area contributed by atoms with Gasteiger partial charge in [-0.3, -0.25) is 9.36 Å². The maximum atomic E-state index is 12.6. The van der Waals surface area contributed by atoms with Crippen LogP contribution in [0, 0.1) is 11.3 Å². The van der Waals surface area contributed by atoms with Gasteiger partial charge in [0, 0.05) is 0 Å². The summed E-state index contributed by atoms with van der Waals surface area (Å²) in [6.07, 6.45) is -4.02. The fourth-order valence-electron chi connectivity index (χ4n) is 3.20. The van der Waals surface area contributed by atoms with Gasteiger partial charge in [-0.25, -0.2) is 28.1 Å². The number of nitrogens with two attached hydrogens (primary N) is 1. The molecule has 0 radical (unpaired) electrons. The predicted molar refractivity (Wildman–Crippen MR) is 102 cm³/mol. The molecule has 1 aliphatic heterocycles. The Hall–Kier alpha value is -3.64. The van der Waals surface area contributed by atoms with E-state index in [1.54, 1.807) is 10.8 Å². The van der Waals surface area contributed by atoms with Crippen molar-refractivity contribution in [1.82, 2.24) is 24.2 Å². The summed E-state index contributed by atoms with van der Waals surface area (Å²) in [7, 11) is -4.44. The first kappa shape index (κ1) is 20.6. The molecule has 2 aromatic heterocycles. The van der Waals surface area contributed by atoms with Crippen LogP contribution in [0.5, 0.6) is 0 Å². The van der Waals surface area contributed by atoms with E-state index in [-0.39, 0.29) is 22.5 Å². The maximum absolute atomic E-state index is 12.6. The van der Waals surface area contributed by atoms with Crippen molar-refractivity contribution in [3.63, 3.8) is 0 Å². The molecule has 0 saturated carbocycles. The number of hydrogen-bond donors (Lipinski definition) is 4. The van der Waals surface area contributed by atoms with Crippen LogP contribution in [0.2, 0.25) is 0 Å². The largest absolute Gasteiger partial charge is 0.387 e. The van der Waals surface area contributed by atoms with Crippen LogP contribution in [0.25, 0.3) is 11.2 Å². The number of imidazole rings is 1. The number of hydrogen-bond acceptors (Lipinski definition) is 11. The molecule has 0 unspecified atom stereocenters. The van der Waals surface area contributed by atoms with Gasteiger partial charge in [0.05, 0.1) is 11.9 Å². The average Bonchev–Trinajstić information content (AvgIpc) is 3.30. The quantitative estimate of drug-likeness (QED) is 0.360. The zero-order chi connectivity index (χ0) is 22.3. The lowest BCUT2D eigenvalue weighted by molar-refractivity contribution is -0.135. The van der Waals surface area contributed by atoms with Crippen molar-refractivity contribution in [3.8, 4) is 6.07 Å². The van der Waals surface area contributed by atoms with Crippen molar-refractivity contribution in [2.45, 2.75) is 29.4 Å². The maximum Gasteiger partial charge on any atom is 0.265 e. The minimum absolute atomic E-state index is 0.0772. The van der Waals surface area contributed by atoms with Crippen LogP contribution in [0.15, 0.2) is 41.8 Å². The second-order valence-corrected chi connectivity index (χ2v) is 8.24. The van der Waals surface area contributed by atoms with Gasteiger partial charge in [-0.05, 0) is 12.1 Å². The molecular weight excluding hydrogens is 430 g/mol. The number of nitrogens with zero attached hydrogens (tertiary/aromatic N) is 5. The Morgan fingerprint density at radius 2 is 1.97 bits per heavy atom. The third-order valence-corrected chi connectivity index (χ3v) is 6.09. The van der Waals surface area contributed by atoms with Crippen molar-refractivity contribution >= 4 is 32.9 Å². The van der Waals surface area contributed by atoms with Crippen LogP contribution < -0.4 is 10.5 Å². The van der Waals surface area contributed by atoms with Gasteiger partial charge in [0.25, 0.3) is 15.9 Å². The molecule has 3 heterocycles. The molecule has 1 fully saturated rings. The number of nitrogens with one attached hydrogen (secondary N) is 1. The van der Waals surface area contributed by atoms with E-state index >= 15 is 0 Å². The number of aliphatic hydroxyl groups is 2. The molecule has 0 aliphatic carbocycles. The van der Waals surface area contributed by atoms with Crippen molar-refractivity contribution in [2.75, 3.05) is 5.73 Å². The van der Waals surface area contributed by atoms with Crippen LogP contribution in [0.4, 0.5) is 5.82 Å². The van der Waals surface area contributed by atoms with E-state index in [9.17, 15) is 23.4 Å². The van der Waals surface area contributed by atoms with E-state index in [0.717, 1.165) is 12.4 Å². The molecule has 0 bridgehead atoms. The highest BCUT2D eigenvalue weighted by Gasteiger charge is 2.48. The van der Waals surface area contributed by atoms with Crippen molar-refractivity contribution < 1.29 is 28.2 Å². The highest BCUT2D eigenvalue weighted by atomic mass is 32.2. The minimum atomic E-state index is -4.44. The van der Waals surface area contributed by atoms with Crippen molar-refractivity contribution in [2.24, 2.45) is 0 Å². The molecule has 1 aliphatic rings. The molecule has 1 saturated heterocycles. The van der Waals surface area contributed by atoms with E-state index in [1.807, 2.05) is 0 Å². The lowest BCUT2D eigenvalue weighted by Crippen LogP contribution is -2.45. The van der Waals surface area contributed by atoms with Gasteiger partial charge in [-0.2, -0.15) is 5.26 Å². The summed E-state index contributed by atoms with van der Waals surface area (Å²) in [5.41, 5.74) is 5.95. The summed E-state index contributed by atoms with van der Waals surface area (Å²) >= 11 is 0. The number of amides is 1. The Bertz CT molecular complexity index is 1320. The summed E-state index contributed by atoms with van der Waals surface area (Å²) in [6, 6.07) is 7.01. The van der Waals surface area contributed by atoms with Crippen molar-refractivity contribution in [3.05, 3.63) is 42.5 Å².